The lowest BCUT2D eigenvalue weighted by molar-refractivity contribution is -0.123. The van der Waals surface area contributed by atoms with Crippen molar-refractivity contribution in [1.82, 2.24) is 15.1 Å². The zero-order chi connectivity index (χ0) is 13.8. The van der Waals surface area contributed by atoms with Gasteiger partial charge in [0.25, 0.3) is 0 Å². The van der Waals surface area contributed by atoms with Crippen molar-refractivity contribution >= 4 is 11.6 Å². The Morgan fingerprint density at radius 3 is 3.00 bits per heavy atom. The van der Waals surface area contributed by atoms with Crippen molar-refractivity contribution in [3.8, 4) is 0 Å². The van der Waals surface area contributed by atoms with Gasteiger partial charge in [-0.2, -0.15) is 5.10 Å². The Kier molecular flexibility index (Phi) is 4.32. The first-order chi connectivity index (χ1) is 9.83. The van der Waals surface area contributed by atoms with E-state index in [-0.39, 0.29) is 11.8 Å². The third-order valence-corrected chi connectivity index (χ3v) is 4.08. The second-order valence-corrected chi connectivity index (χ2v) is 5.59. The standard InChI is InChI=1S/C14H22N4O2/c19-14(11-2-1-7-20-10-11)17-12-8-16-18(9-12)13-3-5-15-6-4-13/h8-9,11,13,15H,1-7,10H2,(H,17,19). The molecule has 1 unspecified atom stereocenters. The molecule has 2 saturated heterocycles. The molecular formula is C14H22N4O2. The lowest BCUT2D eigenvalue weighted by Crippen LogP contribution is -2.30. The molecule has 3 heterocycles. The number of ether oxygens (including phenoxy) is 1. The van der Waals surface area contributed by atoms with Crippen molar-refractivity contribution in [2.45, 2.75) is 31.7 Å². The Bertz CT molecular complexity index is 448. The highest BCUT2D eigenvalue weighted by Crippen LogP contribution is 2.21. The fraction of sp³-hybridized carbons (Fsp3) is 0.714. The van der Waals surface area contributed by atoms with E-state index in [0.29, 0.717) is 12.6 Å². The van der Waals surface area contributed by atoms with E-state index in [1.807, 2.05) is 10.9 Å². The van der Waals surface area contributed by atoms with Gasteiger partial charge in [-0.1, -0.05) is 0 Å². The van der Waals surface area contributed by atoms with Gasteiger partial charge in [-0.3, -0.25) is 9.48 Å². The molecule has 1 aromatic rings. The van der Waals surface area contributed by atoms with E-state index in [1.54, 1.807) is 6.20 Å². The van der Waals surface area contributed by atoms with E-state index in [0.717, 1.165) is 51.1 Å². The SMILES string of the molecule is O=C(Nc1cnn(C2CCNCC2)c1)C1CCCOC1. The summed E-state index contributed by atoms with van der Waals surface area (Å²) < 4.78 is 7.33. The zero-order valence-corrected chi connectivity index (χ0v) is 11.7. The van der Waals surface area contributed by atoms with Crippen molar-refractivity contribution in [3.05, 3.63) is 12.4 Å². The quantitative estimate of drug-likeness (QED) is 0.871. The largest absolute Gasteiger partial charge is 0.381 e. The number of carbonyl (C=O) groups excluding carboxylic acids is 1. The average Bonchev–Trinajstić information content (AvgIpc) is 2.97. The predicted octanol–water partition coefficient (Wildman–Crippen LogP) is 1.17. The van der Waals surface area contributed by atoms with Gasteiger partial charge in [-0.25, -0.2) is 0 Å². The summed E-state index contributed by atoms with van der Waals surface area (Å²) >= 11 is 0. The molecule has 0 aliphatic carbocycles. The molecule has 6 heteroatoms. The van der Waals surface area contributed by atoms with E-state index < -0.39 is 0 Å². The third kappa shape index (κ3) is 3.19. The van der Waals surface area contributed by atoms with Gasteiger partial charge in [-0.05, 0) is 38.8 Å². The van der Waals surface area contributed by atoms with Crippen LogP contribution in [0.2, 0.25) is 0 Å². The fourth-order valence-corrected chi connectivity index (χ4v) is 2.87. The van der Waals surface area contributed by atoms with E-state index in [9.17, 15) is 4.79 Å². The molecule has 2 N–H and O–H groups in total. The van der Waals surface area contributed by atoms with Crippen LogP contribution in [0.4, 0.5) is 5.69 Å². The summed E-state index contributed by atoms with van der Waals surface area (Å²) in [6, 6.07) is 0.444. The second-order valence-electron chi connectivity index (χ2n) is 5.59. The minimum Gasteiger partial charge on any atom is -0.381 e. The van der Waals surface area contributed by atoms with E-state index >= 15 is 0 Å². The van der Waals surface area contributed by atoms with E-state index in [4.69, 9.17) is 4.74 Å². The van der Waals surface area contributed by atoms with Crippen molar-refractivity contribution in [2.24, 2.45) is 5.92 Å². The first-order valence-corrected chi connectivity index (χ1v) is 7.46. The van der Waals surface area contributed by atoms with Gasteiger partial charge in [0.05, 0.1) is 30.5 Å². The number of rotatable bonds is 3. The van der Waals surface area contributed by atoms with Gasteiger partial charge in [0, 0.05) is 12.8 Å². The number of hydrogen-bond donors (Lipinski definition) is 2. The van der Waals surface area contributed by atoms with Gasteiger partial charge < -0.3 is 15.4 Å². The summed E-state index contributed by atoms with van der Waals surface area (Å²) in [7, 11) is 0. The number of aromatic nitrogens is 2. The van der Waals surface area contributed by atoms with Crippen LogP contribution in [-0.2, 0) is 9.53 Å². The summed E-state index contributed by atoms with van der Waals surface area (Å²) in [5.41, 5.74) is 0.791. The molecule has 3 rings (SSSR count). The number of piperidine rings is 1. The Morgan fingerprint density at radius 2 is 2.25 bits per heavy atom. The average molecular weight is 278 g/mol. The molecule has 6 nitrogen and oxygen atoms in total. The van der Waals surface area contributed by atoms with E-state index in [2.05, 4.69) is 15.7 Å². The van der Waals surface area contributed by atoms with Crippen molar-refractivity contribution in [1.29, 1.82) is 0 Å². The van der Waals surface area contributed by atoms with Gasteiger partial charge in [0.15, 0.2) is 0 Å². The van der Waals surface area contributed by atoms with Crippen LogP contribution in [0.25, 0.3) is 0 Å². The smallest absolute Gasteiger partial charge is 0.229 e. The lowest BCUT2D eigenvalue weighted by atomic mass is 10.0. The molecule has 0 bridgehead atoms. The van der Waals surface area contributed by atoms with Gasteiger partial charge in [-0.15, -0.1) is 0 Å². The summed E-state index contributed by atoms with van der Waals surface area (Å²) in [5, 5.41) is 10.7. The second kappa shape index (κ2) is 6.37. The maximum Gasteiger partial charge on any atom is 0.229 e. The molecule has 0 spiro atoms. The highest BCUT2D eigenvalue weighted by atomic mass is 16.5. The number of amides is 1. The summed E-state index contributed by atoms with van der Waals surface area (Å²) in [6.45, 7) is 3.38. The molecule has 1 atom stereocenters. The molecule has 20 heavy (non-hydrogen) atoms. The summed E-state index contributed by atoms with van der Waals surface area (Å²) in [5.74, 6) is 0.0283. The Morgan fingerprint density at radius 1 is 1.40 bits per heavy atom. The molecular weight excluding hydrogens is 256 g/mol. The van der Waals surface area contributed by atoms with Crippen molar-refractivity contribution < 1.29 is 9.53 Å². The maximum atomic E-state index is 12.1. The summed E-state index contributed by atoms with van der Waals surface area (Å²) in [6.07, 6.45) is 7.74. The predicted molar refractivity (Wildman–Crippen MR) is 75.5 cm³/mol. The molecule has 110 valence electrons. The van der Waals surface area contributed by atoms with Crippen molar-refractivity contribution in [3.63, 3.8) is 0 Å². The minimum atomic E-state index is -0.0222. The molecule has 0 aromatic carbocycles. The normalized spacial score (nSPS) is 24.5. The maximum absolute atomic E-state index is 12.1. The molecule has 0 radical (unpaired) electrons. The fourth-order valence-electron chi connectivity index (χ4n) is 2.87. The Hall–Kier alpha value is -1.40. The molecule has 1 amide bonds. The van der Waals surface area contributed by atoms with Gasteiger partial charge in [0.1, 0.15) is 0 Å². The van der Waals surface area contributed by atoms with Crippen LogP contribution in [-0.4, -0.2) is 42.0 Å². The van der Waals surface area contributed by atoms with E-state index in [1.165, 1.54) is 0 Å². The van der Waals surface area contributed by atoms with Gasteiger partial charge in [0.2, 0.25) is 5.91 Å². The minimum absolute atomic E-state index is 0.0222. The lowest BCUT2D eigenvalue weighted by Gasteiger charge is -2.23. The van der Waals surface area contributed by atoms with Crippen LogP contribution in [0, 0.1) is 5.92 Å². The van der Waals surface area contributed by atoms with Crippen LogP contribution < -0.4 is 10.6 Å². The zero-order valence-electron chi connectivity index (χ0n) is 11.7. The molecule has 0 saturated carbocycles. The number of nitrogens with zero attached hydrogens (tertiary/aromatic N) is 2. The van der Waals surface area contributed by atoms with Crippen LogP contribution in [0.1, 0.15) is 31.7 Å². The van der Waals surface area contributed by atoms with Crippen LogP contribution in [0.3, 0.4) is 0 Å². The topological polar surface area (TPSA) is 68.2 Å². The van der Waals surface area contributed by atoms with Crippen LogP contribution in [0.5, 0.6) is 0 Å². The Labute approximate surface area is 118 Å². The number of nitrogens with one attached hydrogen (secondary N) is 2. The monoisotopic (exact) mass is 278 g/mol. The molecule has 2 fully saturated rings. The van der Waals surface area contributed by atoms with Crippen LogP contribution in [0.15, 0.2) is 12.4 Å². The van der Waals surface area contributed by atoms with Crippen molar-refractivity contribution in [2.75, 3.05) is 31.6 Å². The molecule has 2 aliphatic heterocycles. The number of carbonyl (C=O) groups is 1. The first-order valence-electron chi connectivity index (χ1n) is 7.46. The first kappa shape index (κ1) is 13.6. The molecule has 1 aromatic heterocycles. The molecule has 2 aliphatic rings. The summed E-state index contributed by atoms with van der Waals surface area (Å²) in [4.78, 5) is 12.1. The third-order valence-electron chi connectivity index (χ3n) is 4.08. The Balaban J connectivity index is 1.57. The van der Waals surface area contributed by atoms with Crippen LogP contribution >= 0.6 is 0 Å². The number of anilines is 1. The highest BCUT2D eigenvalue weighted by molar-refractivity contribution is 5.92. The number of hydrogen-bond acceptors (Lipinski definition) is 4. The van der Waals surface area contributed by atoms with Gasteiger partial charge >= 0.3 is 0 Å². The highest BCUT2D eigenvalue weighted by Gasteiger charge is 2.22.